The fourth-order valence-electron chi connectivity index (χ4n) is 2.94. The van der Waals surface area contributed by atoms with Gasteiger partial charge in [-0.15, -0.1) is 4.73 Å². The number of hydrogen-bond acceptors (Lipinski definition) is 6. The van der Waals surface area contributed by atoms with E-state index >= 15 is 0 Å². The molecule has 2 aromatic heterocycles. The summed E-state index contributed by atoms with van der Waals surface area (Å²) < 4.78 is 1.07. The van der Waals surface area contributed by atoms with Crippen LogP contribution in [-0.2, 0) is 4.79 Å². The molecule has 0 spiro atoms. The van der Waals surface area contributed by atoms with E-state index in [4.69, 9.17) is 9.94 Å². The zero-order chi connectivity index (χ0) is 19.6. The molecule has 3 aromatic rings. The van der Waals surface area contributed by atoms with Gasteiger partial charge in [0.1, 0.15) is 7.11 Å². The second kappa shape index (κ2) is 7.28. The average molecular weight is 366 g/mol. The van der Waals surface area contributed by atoms with Gasteiger partial charge in [-0.25, -0.2) is 4.98 Å². The third kappa shape index (κ3) is 3.37. The number of aryl methyl sites for hydroxylation is 2. The van der Waals surface area contributed by atoms with Gasteiger partial charge in [0, 0.05) is 17.7 Å². The largest absolute Gasteiger partial charge is 0.515 e. The Kier molecular flexibility index (Phi) is 4.89. The van der Waals surface area contributed by atoms with Crippen molar-refractivity contribution in [1.29, 1.82) is 0 Å². The molecule has 3 rings (SSSR count). The van der Waals surface area contributed by atoms with Crippen LogP contribution in [0.2, 0.25) is 0 Å². The molecule has 27 heavy (non-hydrogen) atoms. The van der Waals surface area contributed by atoms with Crippen molar-refractivity contribution in [1.82, 2.24) is 14.7 Å². The first-order chi connectivity index (χ1) is 13.0. The van der Waals surface area contributed by atoms with E-state index in [1.54, 1.807) is 6.07 Å². The topological polar surface area (TPSA) is 106 Å². The van der Waals surface area contributed by atoms with E-state index in [9.17, 15) is 9.59 Å². The summed E-state index contributed by atoms with van der Waals surface area (Å²) in [4.78, 5) is 38.1. The molecule has 8 nitrogen and oxygen atoms in total. The van der Waals surface area contributed by atoms with E-state index in [0.717, 1.165) is 27.5 Å². The van der Waals surface area contributed by atoms with Crippen molar-refractivity contribution < 1.29 is 14.7 Å². The van der Waals surface area contributed by atoms with Crippen molar-refractivity contribution in [2.24, 2.45) is 0 Å². The van der Waals surface area contributed by atoms with Crippen LogP contribution in [0.1, 0.15) is 11.1 Å². The Morgan fingerprint density at radius 1 is 1.30 bits per heavy atom. The normalized spacial score (nSPS) is 11.1. The highest BCUT2D eigenvalue weighted by atomic mass is 16.6. The van der Waals surface area contributed by atoms with Crippen LogP contribution in [-0.4, -0.2) is 32.8 Å². The number of nitrogens with zero attached hydrogens (tertiary/aromatic N) is 3. The average Bonchev–Trinajstić information content (AvgIpc) is 2.62. The quantitative estimate of drug-likeness (QED) is 0.541. The SMILES string of the molecule is COn1c(=O)c(-c2c(C)cccc2C)cc2cnc(NC(=O)/C=C/O)nc21. The fraction of sp³-hybridized carbons (Fsp3) is 0.158. The second-order valence-electron chi connectivity index (χ2n) is 5.88. The molecule has 0 atom stereocenters. The van der Waals surface area contributed by atoms with Gasteiger partial charge in [0.25, 0.3) is 11.5 Å². The molecule has 1 aromatic carbocycles. The summed E-state index contributed by atoms with van der Waals surface area (Å²) in [5.74, 6) is -0.619. The van der Waals surface area contributed by atoms with Crippen molar-refractivity contribution in [3.05, 3.63) is 64.3 Å². The van der Waals surface area contributed by atoms with Crippen LogP contribution < -0.4 is 15.7 Å². The van der Waals surface area contributed by atoms with Crippen LogP contribution in [0.4, 0.5) is 5.95 Å². The molecular formula is C19H18N4O4. The van der Waals surface area contributed by atoms with E-state index in [1.165, 1.54) is 13.3 Å². The maximum atomic E-state index is 13.0. The molecule has 0 aliphatic carbocycles. The van der Waals surface area contributed by atoms with Crippen LogP contribution in [0, 0.1) is 13.8 Å². The molecule has 8 heteroatoms. The smallest absolute Gasteiger partial charge is 0.292 e. The third-order valence-corrected chi connectivity index (χ3v) is 4.10. The number of aromatic nitrogens is 3. The summed E-state index contributed by atoms with van der Waals surface area (Å²) >= 11 is 0. The van der Waals surface area contributed by atoms with Gasteiger partial charge in [-0.1, -0.05) is 18.2 Å². The molecule has 0 saturated carbocycles. The van der Waals surface area contributed by atoms with Crippen LogP contribution >= 0.6 is 0 Å². The highest BCUT2D eigenvalue weighted by molar-refractivity contribution is 5.98. The van der Waals surface area contributed by atoms with Gasteiger partial charge in [-0.2, -0.15) is 4.98 Å². The van der Waals surface area contributed by atoms with Crippen molar-refractivity contribution in [3.8, 4) is 11.1 Å². The van der Waals surface area contributed by atoms with Gasteiger partial charge in [0.15, 0.2) is 5.65 Å². The minimum absolute atomic E-state index is 0.0179. The first kappa shape index (κ1) is 18.1. The molecule has 0 aliphatic rings. The zero-order valence-corrected chi connectivity index (χ0v) is 15.1. The van der Waals surface area contributed by atoms with E-state index < -0.39 is 5.91 Å². The standard InChI is InChI=1S/C19H18N4O4/c1-11-5-4-6-12(2)16(11)14-9-13-10-20-19(21-15(25)7-8-24)22-17(13)23(27-3)18(14)26/h4-10,24H,1-3H3,(H,20,21,22,25)/b8-7+. The van der Waals surface area contributed by atoms with Crippen LogP contribution in [0.3, 0.4) is 0 Å². The summed E-state index contributed by atoms with van der Waals surface area (Å²) in [5, 5.41) is 11.6. The number of hydrogen-bond donors (Lipinski definition) is 2. The monoisotopic (exact) mass is 366 g/mol. The van der Waals surface area contributed by atoms with Crippen LogP contribution in [0.25, 0.3) is 22.2 Å². The molecule has 1 amide bonds. The number of amides is 1. The van der Waals surface area contributed by atoms with Gasteiger partial charge in [-0.3, -0.25) is 14.9 Å². The van der Waals surface area contributed by atoms with Gasteiger partial charge in [0.2, 0.25) is 5.95 Å². The molecule has 0 saturated heterocycles. The van der Waals surface area contributed by atoms with E-state index in [-0.39, 0.29) is 17.2 Å². The van der Waals surface area contributed by atoms with Crippen molar-refractivity contribution in [2.75, 3.05) is 12.4 Å². The molecule has 138 valence electrons. The number of rotatable bonds is 4. The molecule has 2 N–H and O–H groups in total. The van der Waals surface area contributed by atoms with Gasteiger partial charge in [-0.05, 0) is 36.6 Å². The Morgan fingerprint density at radius 3 is 2.63 bits per heavy atom. The number of nitrogens with one attached hydrogen (secondary N) is 1. The van der Waals surface area contributed by atoms with E-state index in [1.807, 2.05) is 32.0 Å². The molecule has 0 bridgehead atoms. The van der Waals surface area contributed by atoms with Crippen LogP contribution in [0.5, 0.6) is 0 Å². The minimum Gasteiger partial charge on any atom is -0.515 e. The Hall–Kier alpha value is -3.68. The summed E-state index contributed by atoms with van der Waals surface area (Å²) in [6, 6.07) is 7.52. The fourth-order valence-corrected chi connectivity index (χ4v) is 2.94. The van der Waals surface area contributed by atoms with E-state index in [2.05, 4.69) is 15.3 Å². The summed E-state index contributed by atoms with van der Waals surface area (Å²) in [7, 11) is 1.37. The third-order valence-electron chi connectivity index (χ3n) is 4.10. The number of aliphatic hydroxyl groups is 1. The lowest BCUT2D eigenvalue weighted by atomic mass is 9.96. The Balaban J connectivity index is 2.22. The molecule has 0 aliphatic heterocycles. The van der Waals surface area contributed by atoms with Gasteiger partial charge in [0.05, 0.1) is 11.8 Å². The first-order valence-electron chi connectivity index (χ1n) is 8.12. The molecular weight excluding hydrogens is 348 g/mol. The zero-order valence-electron chi connectivity index (χ0n) is 15.1. The Bertz CT molecular complexity index is 1100. The second-order valence-corrected chi connectivity index (χ2v) is 5.88. The van der Waals surface area contributed by atoms with Crippen molar-refractivity contribution in [3.63, 3.8) is 0 Å². The lowest BCUT2D eigenvalue weighted by molar-refractivity contribution is -0.112. The maximum absolute atomic E-state index is 13.0. The highest BCUT2D eigenvalue weighted by Crippen LogP contribution is 2.26. The number of carbonyl (C=O) groups is 1. The lowest BCUT2D eigenvalue weighted by Crippen LogP contribution is -2.28. The number of aliphatic hydroxyl groups excluding tert-OH is 1. The number of fused-ring (bicyclic) bond motifs is 1. The number of carbonyl (C=O) groups excluding carboxylic acids is 1. The first-order valence-corrected chi connectivity index (χ1v) is 8.12. The molecule has 2 heterocycles. The highest BCUT2D eigenvalue weighted by Gasteiger charge is 2.17. The summed E-state index contributed by atoms with van der Waals surface area (Å²) in [6.07, 6.45) is 3.02. The van der Waals surface area contributed by atoms with E-state index in [0.29, 0.717) is 17.2 Å². The van der Waals surface area contributed by atoms with Gasteiger partial charge < -0.3 is 9.94 Å². The lowest BCUT2D eigenvalue weighted by Gasteiger charge is -2.14. The summed E-state index contributed by atoms with van der Waals surface area (Å²) in [6.45, 7) is 3.87. The number of benzene rings is 1. The predicted molar refractivity (Wildman–Crippen MR) is 102 cm³/mol. The van der Waals surface area contributed by atoms with Crippen LogP contribution in [0.15, 0.2) is 47.6 Å². The molecule has 0 unspecified atom stereocenters. The maximum Gasteiger partial charge on any atom is 0.292 e. The minimum atomic E-state index is -0.602. The van der Waals surface area contributed by atoms with Gasteiger partial charge >= 0.3 is 0 Å². The Morgan fingerprint density at radius 2 is 2.00 bits per heavy atom. The molecule has 0 fully saturated rings. The molecule has 0 radical (unpaired) electrons. The number of pyridine rings is 1. The van der Waals surface area contributed by atoms with Crippen molar-refractivity contribution in [2.45, 2.75) is 13.8 Å². The Labute approximate surface area is 154 Å². The predicted octanol–water partition coefficient (Wildman–Crippen LogP) is 2.14. The number of anilines is 1. The van der Waals surface area contributed by atoms with Crippen molar-refractivity contribution >= 4 is 22.9 Å². The summed E-state index contributed by atoms with van der Waals surface area (Å²) in [5.41, 5.74) is 3.10.